The van der Waals surface area contributed by atoms with E-state index in [0.29, 0.717) is 5.66 Å². The Morgan fingerprint density at radius 1 is 0.929 bits per heavy atom. The van der Waals surface area contributed by atoms with Gasteiger partial charge in [-0.15, -0.1) is 9.24 Å². The van der Waals surface area contributed by atoms with Gasteiger partial charge in [-0.1, -0.05) is 53.7 Å². The van der Waals surface area contributed by atoms with Gasteiger partial charge < -0.3 is 0 Å². The fourth-order valence-electron chi connectivity index (χ4n) is 0.795. The molecule has 0 aliphatic heterocycles. The van der Waals surface area contributed by atoms with Crippen LogP contribution in [0.25, 0.3) is 0 Å². The second-order valence-electron chi connectivity index (χ2n) is 6.04. The molecule has 3 atom stereocenters. The summed E-state index contributed by atoms with van der Waals surface area (Å²) in [5, 5.41) is 0. The van der Waals surface area contributed by atoms with Crippen LogP contribution in [0.2, 0.25) is 0 Å². The Balaban J connectivity index is 4.32. The minimum Gasteiger partial charge on any atom is -0.242 e. The molecule has 0 aliphatic rings. The average Bonchev–Trinajstić information content (AvgIpc) is 1.95. The van der Waals surface area contributed by atoms with Gasteiger partial charge in [0.15, 0.2) is 0 Å². The van der Waals surface area contributed by atoms with Crippen LogP contribution in [-0.4, -0.2) is 11.8 Å². The van der Waals surface area contributed by atoms with Crippen molar-refractivity contribution in [3.05, 3.63) is 12.2 Å². The molecular weight excluding hydrogens is 194 g/mol. The first-order valence-corrected chi connectivity index (χ1v) is 5.80. The monoisotopic (exact) mass is 218 g/mol. The summed E-state index contributed by atoms with van der Waals surface area (Å²) in [6.45, 7) is 12.2. The van der Waals surface area contributed by atoms with E-state index in [0.717, 1.165) is 0 Å². The maximum atomic E-state index is 13.6. The molecule has 14 heavy (non-hydrogen) atoms. The number of hydrogen-bond donors (Lipinski definition) is 0. The summed E-state index contributed by atoms with van der Waals surface area (Å²) in [4.78, 5) is 0. The number of allylic oxidation sites excluding steroid dienone is 2. The van der Waals surface area contributed by atoms with Crippen molar-refractivity contribution in [3.8, 4) is 0 Å². The van der Waals surface area contributed by atoms with E-state index < -0.39 is 6.17 Å². The maximum Gasteiger partial charge on any atom is 0.123 e. The van der Waals surface area contributed by atoms with Gasteiger partial charge in [-0.3, -0.25) is 0 Å². The van der Waals surface area contributed by atoms with Crippen LogP contribution < -0.4 is 0 Å². The Morgan fingerprint density at radius 3 is 1.64 bits per heavy atom. The minimum atomic E-state index is -0.868. The van der Waals surface area contributed by atoms with Crippen molar-refractivity contribution in [2.24, 2.45) is 10.8 Å². The van der Waals surface area contributed by atoms with Gasteiger partial charge in [0.25, 0.3) is 0 Å². The molecule has 0 radical (unpaired) electrons. The molecular formula is C12H24FP. The second-order valence-corrected chi connectivity index (χ2v) is 6.76. The number of halogens is 1. The van der Waals surface area contributed by atoms with Crippen molar-refractivity contribution >= 4 is 9.24 Å². The van der Waals surface area contributed by atoms with Gasteiger partial charge in [-0.05, 0) is 16.5 Å². The Hall–Kier alpha value is 0.100. The first-order valence-electron chi connectivity index (χ1n) is 5.13. The van der Waals surface area contributed by atoms with E-state index in [-0.39, 0.29) is 10.8 Å². The van der Waals surface area contributed by atoms with Crippen LogP contribution in [0.1, 0.15) is 41.5 Å². The molecule has 0 amide bonds. The lowest BCUT2D eigenvalue weighted by atomic mass is 9.87. The van der Waals surface area contributed by atoms with Crippen molar-refractivity contribution in [2.45, 2.75) is 53.4 Å². The van der Waals surface area contributed by atoms with Crippen LogP contribution in [0.15, 0.2) is 12.2 Å². The Kier molecular flexibility index (Phi) is 4.78. The van der Waals surface area contributed by atoms with Crippen molar-refractivity contribution in [1.29, 1.82) is 0 Å². The van der Waals surface area contributed by atoms with Gasteiger partial charge in [0, 0.05) is 0 Å². The molecule has 3 unspecified atom stereocenters. The van der Waals surface area contributed by atoms with Crippen LogP contribution in [0.4, 0.5) is 4.39 Å². The molecule has 2 heteroatoms. The Bertz CT molecular complexity index is 173. The second kappa shape index (κ2) is 4.75. The van der Waals surface area contributed by atoms with Crippen LogP contribution >= 0.6 is 9.24 Å². The standard InChI is InChI=1S/C12H24FP/c1-11(2,3)9(13)7-8-10(14)12(4,5)6/h7-10H,14H2,1-6H3. The highest BCUT2D eigenvalue weighted by Crippen LogP contribution is 2.29. The van der Waals surface area contributed by atoms with Gasteiger partial charge in [0.1, 0.15) is 6.17 Å². The third-order valence-corrected chi connectivity index (χ3v) is 3.54. The molecule has 0 fully saturated rings. The molecule has 0 bridgehead atoms. The minimum absolute atomic E-state index is 0.179. The van der Waals surface area contributed by atoms with E-state index in [1.807, 2.05) is 26.8 Å². The van der Waals surface area contributed by atoms with Crippen molar-refractivity contribution in [1.82, 2.24) is 0 Å². The Morgan fingerprint density at radius 2 is 1.36 bits per heavy atom. The fourth-order valence-corrected chi connectivity index (χ4v) is 0.923. The van der Waals surface area contributed by atoms with Crippen molar-refractivity contribution in [2.75, 3.05) is 0 Å². The SMILES string of the molecule is CC(C)(C)C(F)C=CC(P)C(C)(C)C. The lowest BCUT2D eigenvalue weighted by Gasteiger charge is -2.25. The molecule has 0 spiro atoms. The maximum absolute atomic E-state index is 13.6. The van der Waals surface area contributed by atoms with E-state index in [9.17, 15) is 4.39 Å². The molecule has 0 heterocycles. The smallest absolute Gasteiger partial charge is 0.123 e. The summed E-state index contributed by atoms with van der Waals surface area (Å²) in [7, 11) is 2.76. The summed E-state index contributed by atoms with van der Waals surface area (Å²) >= 11 is 0. The van der Waals surface area contributed by atoms with Crippen LogP contribution in [0, 0.1) is 10.8 Å². The summed E-state index contributed by atoms with van der Waals surface area (Å²) < 4.78 is 13.6. The molecule has 0 aromatic carbocycles. The van der Waals surface area contributed by atoms with Gasteiger partial charge in [-0.2, -0.15) is 0 Å². The zero-order chi connectivity index (χ0) is 11.6. The van der Waals surface area contributed by atoms with E-state index in [4.69, 9.17) is 0 Å². The lowest BCUT2D eigenvalue weighted by molar-refractivity contribution is 0.209. The number of hydrogen-bond acceptors (Lipinski definition) is 0. The lowest BCUT2D eigenvalue weighted by Crippen LogP contribution is -2.22. The Labute approximate surface area is 90.6 Å². The summed E-state index contributed by atoms with van der Waals surface area (Å²) in [6, 6.07) is 0. The van der Waals surface area contributed by atoms with E-state index in [1.54, 1.807) is 6.08 Å². The van der Waals surface area contributed by atoms with Crippen LogP contribution in [0.3, 0.4) is 0 Å². The average molecular weight is 218 g/mol. The molecule has 84 valence electrons. The molecule has 0 rings (SSSR count). The highest BCUT2D eigenvalue weighted by molar-refractivity contribution is 7.18. The number of alkyl halides is 1. The van der Waals surface area contributed by atoms with Crippen LogP contribution in [0.5, 0.6) is 0 Å². The quantitative estimate of drug-likeness (QED) is 0.481. The third kappa shape index (κ3) is 5.10. The highest BCUT2D eigenvalue weighted by Gasteiger charge is 2.23. The molecule has 0 saturated carbocycles. The topological polar surface area (TPSA) is 0 Å². The fraction of sp³-hybridized carbons (Fsp3) is 0.833. The van der Waals surface area contributed by atoms with Gasteiger partial charge in [-0.25, -0.2) is 4.39 Å². The molecule has 0 N–H and O–H groups in total. The van der Waals surface area contributed by atoms with Gasteiger partial charge in [0.05, 0.1) is 0 Å². The molecule has 0 aromatic rings. The summed E-state index contributed by atoms with van der Waals surface area (Å²) in [6.07, 6.45) is 2.77. The zero-order valence-electron chi connectivity index (χ0n) is 10.3. The third-order valence-electron chi connectivity index (χ3n) is 2.31. The van der Waals surface area contributed by atoms with Crippen molar-refractivity contribution < 1.29 is 4.39 Å². The van der Waals surface area contributed by atoms with E-state index >= 15 is 0 Å². The normalized spacial score (nSPS) is 18.6. The van der Waals surface area contributed by atoms with E-state index in [2.05, 4.69) is 30.0 Å². The van der Waals surface area contributed by atoms with Crippen LogP contribution in [-0.2, 0) is 0 Å². The summed E-state index contributed by atoms with van der Waals surface area (Å²) in [5.41, 5.74) is 0.209. The highest BCUT2D eigenvalue weighted by atomic mass is 31.0. The predicted octanol–water partition coefficient (Wildman–Crippen LogP) is 4.22. The van der Waals surface area contributed by atoms with Crippen molar-refractivity contribution in [3.63, 3.8) is 0 Å². The molecule has 0 aliphatic carbocycles. The molecule has 0 aromatic heterocycles. The first-order chi connectivity index (χ1) is 6.05. The molecule has 0 saturated heterocycles. The van der Waals surface area contributed by atoms with Gasteiger partial charge in [0.2, 0.25) is 0 Å². The van der Waals surface area contributed by atoms with Gasteiger partial charge >= 0.3 is 0 Å². The zero-order valence-corrected chi connectivity index (χ0v) is 11.4. The predicted molar refractivity (Wildman–Crippen MR) is 66.4 cm³/mol. The van der Waals surface area contributed by atoms with E-state index in [1.165, 1.54) is 0 Å². The number of rotatable bonds is 2. The summed E-state index contributed by atoms with van der Waals surface area (Å²) in [5.74, 6) is 0. The molecule has 0 nitrogen and oxygen atoms in total. The first kappa shape index (κ1) is 14.1. The largest absolute Gasteiger partial charge is 0.242 e.